The molecule has 0 saturated carbocycles. The number of nitrogens with zero attached hydrogens (tertiary/aromatic N) is 1. The predicted octanol–water partition coefficient (Wildman–Crippen LogP) is 2.25. The summed E-state index contributed by atoms with van der Waals surface area (Å²) in [6.45, 7) is 4.67. The molecule has 1 aliphatic rings. The van der Waals surface area contributed by atoms with Gasteiger partial charge in [-0.25, -0.2) is 4.79 Å². The molecule has 1 amide bonds. The molecule has 1 saturated heterocycles. The highest BCUT2D eigenvalue weighted by atomic mass is 16.5. The number of aryl methyl sites for hydroxylation is 1. The number of imidazole rings is 1. The summed E-state index contributed by atoms with van der Waals surface area (Å²) in [5.74, 6) is -0.180. The van der Waals surface area contributed by atoms with E-state index in [9.17, 15) is 9.59 Å². The summed E-state index contributed by atoms with van der Waals surface area (Å²) >= 11 is 0. The number of aromatic nitrogens is 2. The van der Waals surface area contributed by atoms with Gasteiger partial charge in [0.1, 0.15) is 0 Å². The van der Waals surface area contributed by atoms with Gasteiger partial charge in [0.2, 0.25) is 0 Å². The number of H-pyrrole nitrogens is 2. The van der Waals surface area contributed by atoms with Crippen molar-refractivity contribution in [2.75, 3.05) is 36.5 Å². The van der Waals surface area contributed by atoms with E-state index in [-0.39, 0.29) is 11.6 Å². The van der Waals surface area contributed by atoms with Gasteiger partial charge in [0, 0.05) is 18.7 Å². The van der Waals surface area contributed by atoms with Crippen LogP contribution in [0.2, 0.25) is 0 Å². The minimum Gasteiger partial charge on any atom is -0.378 e. The first-order chi connectivity index (χ1) is 12.6. The highest BCUT2D eigenvalue weighted by molar-refractivity contribution is 6.07. The number of carbonyl (C=O) groups is 1. The molecule has 134 valence electrons. The summed E-state index contributed by atoms with van der Waals surface area (Å²) < 4.78 is 5.42. The standard InChI is InChI=1S/C19H20N4O3/c1-12-3-2-4-13(9-12)18(24)20-16-10-14-15(22-19(25)21-14)11-17(16)23-5-7-26-8-6-23/h2-4,9-11H,5-8H2,1H3,(H,20,24)(H2,21,22,25). The number of benzene rings is 2. The molecule has 2 heterocycles. The summed E-state index contributed by atoms with van der Waals surface area (Å²) in [5.41, 5.74) is 4.27. The lowest BCUT2D eigenvalue weighted by atomic mass is 10.1. The zero-order valence-corrected chi connectivity index (χ0v) is 14.5. The summed E-state index contributed by atoms with van der Waals surface area (Å²) in [6.07, 6.45) is 0. The molecule has 26 heavy (non-hydrogen) atoms. The van der Waals surface area contributed by atoms with Crippen LogP contribution in [0.3, 0.4) is 0 Å². The van der Waals surface area contributed by atoms with Crippen LogP contribution in [0.25, 0.3) is 11.0 Å². The maximum absolute atomic E-state index is 12.7. The first-order valence-electron chi connectivity index (χ1n) is 8.57. The molecule has 0 radical (unpaired) electrons. The summed E-state index contributed by atoms with van der Waals surface area (Å²) in [6, 6.07) is 11.1. The van der Waals surface area contributed by atoms with Gasteiger partial charge in [-0.2, -0.15) is 0 Å². The molecule has 7 nitrogen and oxygen atoms in total. The van der Waals surface area contributed by atoms with Crippen molar-refractivity contribution in [3.05, 3.63) is 58.0 Å². The number of hydrogen-bond donors (Lipinski definition) is 3. The molecule has 1 aromatic heterocycles. The fourth-order valence-electron chi connectivity index (χ4n) is 3.22. The molecule has 0 aliphatic carbocycles. The molecule has 0 unspecified atom stereocenters. The Balaban J connectivity index is 1.73. The van der Waals surface area contributed by atoms with Crippen LogP contribution in [0.15, 0.2) is 41.2 Å². The number of aromatic amines is 2. The molecule has 4 rings (SSSR count). The number of fused-ring (bicyclic) bond motifs is 1. The van der Waals surface area contributed by atoms with E-state index >= 15 is 0 Å². The van der Waals surface area contributed by atoms with Crippen molar-refractivity contribution < 1.29 is 9.53 Å². The first kappa shape index (κ1) is 16.4. The number of carbonyl (C=O) groups excluding carboxylic acids is 1. The number of hydrogen-bond acceptors (Lipinski definition) is 4. The van der Waals surface area contributed by atoms with Gasteiger partial charge >= 0.3 is 5.69 Å². The van der Waals surface area contributed by atoms with E-state index in [0.29, 0.717) is 35.5 Å². The predicted molar refractivity (Wildman–Crippen MR) is 101 cm³/mol. The van der Waals surface area contributed by atoms with E-state index in [1.165, 1.54) is 0 Å². The molecule has 1 aliphatic heterocycles. The number of ether oxygens (including phenoxy) is 1. The Morgan fingerprint density at radius 1 is 1.12 bits per heavy atom. The molecule has 0 bridgehead atoms. The normalized spacial score (nSPS) is 14.6. The largest absolute Gasteiger partial charge is 0.378 e. The monoisotopic (exact) mass is 352 g/mol. The Morgan fingerprint density at radius 3 is 2.58 bits per heavy atom. The molecule has 2 aromatic carbocycles. The Labute approximate surface area is 150 Å². The van der Waals surface area contributed by atoms with E-state index in [4.69, 9.17) is 4.74 Å². The maximum Gasteiger partial charge on any atom is 0.323 e. The molecule has 3 aromatic rings. The van der Waals surface area contributed by atoms with Crippen molar-refractivity contribution >= 4 is 28.3 Å². The lowest BCUT2D eigenvalue weighted by Crippen LogP contribution is -2.36. The van der Waals surface area contributed by atoms with E-state index < -0.39 is 0 Å². The molecule has 1 fully saturated rings. The van der Waals surface area contributed by atoms with Crippen molar-refractivity contribution in [1.29, 1.82) is 0 Å². The minimum atomic E-state index is -0.268. The Bertz CT molecular complexity index is 1020. The fourth-order valence-corrected chi connectivity index (χ4v) is 3.22. The average molecular weight is 352 g/mol. The van der Waals surface area contributed by atoms with Crippen LogP contribution in [0.4, 0.5) is 11.4 Å². The van der Waals surface area contributed by atoms with Crippen LogP contribution in [0.5, 0.6) is 0 Å². The molecule has 7 heteroatoms. The molecule has 0 spiro atoms. The Morgan fingerprint density at radius 2 is 1.85 bits per heavy atom. The number of anilines is 2. The van der Waals surface area contributed by atoms with Crippen LogP contribution < -0.4 is 15.9 Å². The fraction of sp³-hybridized carbons (Fsp3) is 0.263. The Kier molecular flexibility index (Phi) is 4.22. The third-order valence-corrected chi connectivity index (χ3v) is 4.51. The van der Waals surface area contributed by atoms with Crippen LogP contribution >= 0.6 is 0 Å². The highest BCUT2D eigenvalue weighted by Gasteiger charge is 2.18. The van der Waals surface area contributed by atoms with Gasteiger partial charge < -0.3 is 24.9 Å². The quantitative estimate of drug-likeness (QED) is 0.674. The van der Waals surface area contributed by atoms with Gasteiger partial charge in [0.15, 0.2) is 0 Å². The van der Waals surface area contributed by atoms with Gasteiger partial charge in [-0.15, -0.1) is 0 Å². The van der Waals surface area contributed by atoms with E-state index in [0.717, 1.165) is 24.3 Å². The van der Waals surface area contributed by atoms with Gasteiger partial charge in [0.05, 0.1) is 35.6 Å². The van der Waals surface area contributed by atoms with E-state index in [1.54, 1.807) is 12.1 Å². The van der Waals surface area contributed by atoms with Crippen molar-refractivity contribution in [2.24, 2.45) is 0 Å². The second-order valence-corrected chi connectivity index (χ2v) is 6.42. The van der Waals surface area contributed by atoms with Crippen molar-refractivity contribution in [1.82, 2.24) is 9.97 Å². The zero-order valence-electron chi connectivity index (χ0n) is 14.5. The maximum atomic E-state index is 12.7. The van der Waals surface area contributed by atoms with E-state index in [1.807, 2.05) is 31.2 Å². The topological polar surface area (TPSA) is 90.2 Å². The minimum absolute atomic E-state index is 0.180. The average Bonchev–Trinajstić information content (AvgIpc) is 3.00. The number of rotatable bonds is 3. The van der Waals surface area contributed by atoms with Gasteiger partial charge in [-0.1, -0.05) is 17.7 Å². The van der Waals surface area contributed by atoms with Gasteiger partial charge in [0.25, 0.3) is 5.91 Å². The second kappa shape index (κ2) is 6.68. The summed E-state index contributed by atoms with van der Waals surface area (Å²) in [4.78, 5) is 32.0. The lowest BCUT2D eigenvalue weighted by Gasteiger charge is -2.30. The Hall–Kier alpha value is -3.06. The van der Waals surface area contributed by atoms with Crippen molar-refractivity contribution in [3.63, 3.8) is 0 Å². The molecule has 3 N–H and O–H groups in total. The number of nitrogens with one attached hydrogen (secondary N) is 3. The van der Waals surface area contributed by atoms with Gasteiger partial charge in [-0.3, -0.25) is 4.79 Å². The van der Waals surface area contributed by atoms with Gasteiger partial charge in [-0.05, 0) is 31.2 Å². The molecular weight excluding hydrogens is 332 g/mol. The van der Waals surface area contributed by atoms with Crippen LogP contribution in [0, 0.1) is 6.92 Å². The third-order valence-electron chi connectivity index (χ3n) is 4.51. The number of morpholine rings is 1. The van der Waals surface area contributed by atoms with Crippen LogP contribution in [-0.2, 0) is 4.74 Å². The lowest BCUT2D eigenvalue weighted by molar-refractivity contribution is 0.102. The van der Waals surface area contributed by atoms with Crippen LogP contribution in [0.1, 0.15) is 15.9 Å². The van der Waals surface area contributed by atoms with Crippen molar-refractivity contribution in [3.8, 4) is 0 Å². The SMILES string of the molecule is Cc1cccc(C(=O)Nc2cc3[nH]c(=O)[nH]c3cc2N2CCOCC2)c1. The first-order valence-corrected chi connectivity index (χ1v) is 8.57. The molecular formula is C19H20N4O3. The summed E-state index contributed by atoms with van der Waals surface area (Å²) in [7, 11) is 0. The summed E-state index contributed by atoms with van der Waals surface area (Å²) in [5, 5.41) is 3.00. The van der Waals surface area contributed by atoms with Crippen LogP contribution in [-0.4, -0.2) is 42.2 Å². The van der Waals surface area contributed by atoms with Crippen molar-refractivity contribution in [2.45, 2.75) is 6.92 Å². The van der Waals surface area contributed by atoms with E-state index in [2.05, 4.69) is 20.2 Å². The molecule has 0 atom stereocenters. The third kappa shape index (κ3) is 3.21. The zero-order chi connectivity index (χ0) is 18.1. The smallest absolute Gasteiger partial charge is 0.323 e. The highest BCUT2D eigenvalue weighted by Crippen LogP contribution is 2.31. The second-order valence-electron chi connectivity index (χ2n) is 6.42. The number of amides is 1.